The van der Waals surface area contributed by atoms with Crippen molar-refractivity contribution in [3.05, 3.63) is 101 Å². The van der Waals surface area contributed by atoms with Crippen LogP contribution in [0.15, 0.2) is 90.0 Å². The van der Waals surface area contributed by atoms with Crippen LogP contribution in [0.1, 0.15) is 49.8 Å². The molecule has 174 valence electrons. The van der Waals surface area contributed by atoms with Crippen molar-refractivity contribution in [2.24, 2.45) is 5.92 Å². The number of carbonyl (C=O) groups is 1. The molecule has 4 nitrogen and oxygen atoms in total. The molecule has 4 heteroatoms. The first-order chi connectivity index (χ1) is 16.5. The van der Waals surface area contributed by atoms with E-state index in [1.54, 1.807) is 0 Å². The molecule has 0 radical (unpaired) electrons. The third-order valence-corrected chi connectivity index (χ3v) is 7.35. The van der Waals surface area contributed by atoms with Crippen LogP contribution < -0.4 is 10.1 Å². The molecule has 1 aliphatic carbocycles. The Morgan fingerprint density at radius 2 is 1.85 bits per heavy atom. The number of nitrogens with one attached hydrogen (secondary N) is 1. The van der Waals surface area contributed by atoms with E-state index in [2.05, 4.69) is 66.8 Å². The molecule has 0 aromatic heterocycles. The van der Waals surface area contributed by atoms with Crippen molar-refractivity contribution in [3.8, 4) is 5.75 Å². The molecule has 1 heterocycles. The zero-order valence-corrected chi connectivity index (χ0v) is 19.7. The second-order valence-corrected chi connectivity index (χ2v) is 9.51. The molecule has 0 saturated heterocycles. The largest absolute Gasteiger partial charge is 0.489 e. The van der Waals surface area contributed by atoms with Gasteiger partial charge in [0.25, 0.3) is 0 Å². The van der Waals surface area contributed by atoms with Gasteiger partial charge in [-0.2, -0.15) is 0 Å². The van der Waals surface area contributed by atoms with Crippen molar-refractivity contribution in [2.45, 2.75) is 44.8 Å². The highest BCUT2D eigenvalue weighted by atomic mass is 16.5. The highest BCUT2D eigenvalue weighted by Gasteiger charge is 2.35. The van der Waals surface area contributed by atoms with E-state index in [0.717, 1.165) is 24.3 Å². The number of rotatable bonds is 6. The molecule has 34 heavy (non-hydrogen) atoms. The minimum absolute atomic E-state index is 0.0195. The van der Waals surface area contributed by atoms with Crippen LogP contribution in [0.2, 0.25) is 0 Å². The number of carboxylic acid groups (broad SMARTS) is 1. The summed E-state index contributed by atoms with van der Waals surface area (Å²) in [6, 6.07) is 23.3. The van der Waals surface area contributed by atoms with Gasteiger partial charge in [-0.25, -0.2) is 4.79 Å². The van der Waals surface area contributed by atoms with Gasteiger partial charge in [0.15, 0.2) is 0 Å². The molecular formula is C30H31NO3. The van der Waals surface area contributed by atoms with Crippen molar-refractivity contribution in [1.82, 2.24) is 5.32 Å². The standard InChI is InChI=1S/C30H31NO3/c1-19-14-15-22(16-27(19)30(32)33)28-17-23(34-29-13-6-5-11-26(28)29)18-31-20(2)24-12-7-9-21-8-3-4-10-25(21)24/h3-15,20,22-23,28,31H,16-18H2,1-2H3,(H,32,33)/t20-,22?,23-,28+/m1/s1. The number of benzene rings is 3. The molecule has 4 atom stereocenters. The van der Waals surface area contributed by atoms with E-state index in [0.29, 0.717) is 12.0 Å². The SMILES string of the molecule is CC1=C(C(=O)O)CC([C@@H]2C[C@H](CN[C@H](C)c3cccc4ccccc34)Oc3ccccc32)C=C1. The number of ether oxygens (including phenoxy) is 1. The number of allylic oxidation sites excluding steroid dienone is 3. The molecule has 0 fully saturated rings. The van der Waals surface area contributed by atoms with Gasteiger partial charge in [0, 0.05) is 18.2 Å². The summed E-state index contributed by atoms with van der Waals surface area (Å²) in [5.41, 5.74) is 3.84. The topological polar surface area (TPSA) is 58.6 Å². The fourth-order valence-corrected chi connectivity index (χ4v) is 5.47. The van der Waals surface area contributed by atoms with Crippen molar-refractivity contribution in [3.63, 3.8) is 0 Å². The van der Waals surface area contributed by atoms with E-state index in [1.807, 2.05) is 31.2 Å². The van der Waals surface area contributed by atoms with Crippen LogP contribution in [-0.2, 0) is 4.79 Å². The fourth-order valence-electron chi connectivity index (χ4n) is 5.47. The first kappa shape index (κ1) is 22.4. The molecular weight excluding hydrogens is 422 g/mol. The lowest BCUT2D eigenvalue weighted by atomic mass is 9.74. The average molecular weight is 454 g/mol. The molecule has 0 amide bonds. The van der Waals surface area contributed by atoms with Gasteiger partial charge in [-0.3, -0.25) is 0 Å². The Kier molecular flexibility index (Phi) is 6.25. The molecule has 0 saturated carbocycles. The molecule has 3 aromatic carbocycles. The minimum atomic E-state index is -0.811. The zero-order valence-electron chi connectivity index (χ0n) is 19.7. The lowest BCUT2D eigenvalue weighted by molar-refractivity contribution is -0.133. The Morgan fingerprint density at radius 3 is 2.71 bits per heavy atom. The summed E-state index contributed by atoms with van der Waals surface area (Å²) in [4.78, 5) is 11.8. The van der Waals surface area contributed by atoms with Crippen molar-refractivity contribution in [2.75, 3.05) is 6.54 Å². The highest BCUT2D eigenvalue weighted by molar-refractivity contribution is 5.88. The number of aliphatic carboxylic acids is 1. The quantitative estimate of drug-likeness (QED) is 0.453. The maximum atomic E-state index is 11.8. The van der Waals surface area contributed by atoms with E-state index >= 15 is 0 Å². The number of hydrogen-bond donors (Lipinski definition) is 2. The molecule has 2 aliphatic rings. The Morgan fingerprint density at radius 1 is 1.09 bits per heavy atom. The molecule has 1 unspecified atom stereocenters. The summed E-state index contributed by atoms with van der Waals surface area (Å²) >= 11 is 0. The number of para-hydroxylation sites is 1. The smallest absolute Gasteiger partial charge is 0.331 e. The van der Waals surface area contributed by atoms with Gasteiger partial charge in [-0.1, -0.05) is 72.8 Å². The highest BCUT2D eigenvalue weighted by Crippen LogP contribution is 2.44. The molecule has 0 spiro atoms. The maximum Gasteiger partial charge on any atom is 0.331 e. The van der Waals surface area contributed by atoms with E-state index in [4.69, 9.17) is 4.74 Å². The maximum absolute atomic E-state index is 11.8. The monoisotopic (exact) mass is 453 g/mol. The van der Waals surface area contributed by atoms with E-state index < -0.39 is 5.97 Å². The van der Waals surface area contributed by atoms with Crippen LogP contribution in [0, 0.1) is 5.92 Å². The fraction of sp³-hybridized carbons (Fsp3) is 0.300. The Hall–Kier alpha value is -3.37. The second kappa shape index (κ2) is 9.47. The minimum Gasteiger partial charge on any atom is -0.489 e. The summed E-state index contributed by atoms with van der Waals surface area (Å²) in [6.45, 7) is 4.81. The average Bonchev–Trinajstić information content (AvgIpc) is 2.86. The van der Waals surface area contributed by atoms with Crippen LogP contribution in [0.25, 0.3) is 10.8 Å². The lowest BCUT2D eigenvalue weighted by Crippen LogP contribution is -2.38. The summed E-state index contributed by atoms with van der Waals surface area (Å²) in [5, 5.41) is 15.9. The second-order valence-electron chi connectivity index (χ2n) is 9.51. The van der Waals surface area contributed by atoms with Crippen LogP contribution in [0.4, 0.5) is 0 Å². The number of hydrogen-bond acceptors (Lipinski definition) is 3. The zero-order chi connectivity index (χ0) is 23.7. The predicted molar refractivity (Wildman–Crippen MR) is 136 cm³/mol. The first-order valence-electron chi connectivity index (χ1n) is 12.1. The van der Waals surface area contributed by atoms with Crippen molar-refractivity contribution >= 4 is 16.7 Å². The van der Waals surface area contributed by atoms with Crippen molar-refractivity contribution < 1.29 is 14.6 Å². The molecule has 2 N–H and O–H groups in total. The lowest BCUT2D eigenvalue weighted by Gasteiger charge is -2.37. The molecule has 1 aliphatic heterocycles. The van der Waals surface area contributed by atoms with Crippen molar-refractivity contribution in [1.29, 1.82) is 0 Å². The Labute approximate surface area is 201 Å². The third-order valence-electron chi connectivity index (χ3n) is 7.35. The molecule has 3 aromatic rings. The van der Waals surface area contributed by atoms with E-state index in [9.17, 15) is 9.90 Å². The molecule has 0 bridgehead atoms. The normalized spacial score (nSPS) is 22.8. The van der Waals surface area contributed by atoms with E-state index in [-0.39, 0.29) is 24.0 Å². The van der Waals surface area contributed by atoms with Gasteiger partial charge in [-0.15, -0.1) is 0 Å². The van der Waals surface area contributed by atoms with E-state index in [1.165, 1.54) is 21.9 Å². The van der Waals surface area contributed by atoms with Crippen LogP contribution >= 0.6 is 0 Å². The summed E-state index contributed by atoms with van der Waals surface area (Å²) in [7, 11) is 0. The van der Waals surface area contributed by atoms with Crippen LogP contribution in [-0.4, -0.2) is 23.7 Å². The van der Waals surface area contributed by atoms with Crippen LogP contribution in [0.3, 0.4) is 0 Å². The van der Waals surface area contributed by atoms with Gasteiger partial charge in [0.1, 0.15) is 11.9 Å². The molecule has 5 rings (SSSR count). The van der Waals surface area contributed by atoms with Gasteiger partial charge >= 0.3 is 5.97 Å². The first-order valence-corrected chi connectivity index (χ1v) is 12.1. The van der Waals surface area contributed by atoms with Gasteiger partial charge in [0.2, 0.25) is 0 Å². The summed E-state index contributed by atoms with van der Waals surface area (Å²) < 4.78 is 6.41. The van der Waals surface area contributed by atoms with Crippen LogP contribution in [0.5, 0.6) is 5.75 Å². The number of carboxylic acids is 1. The summed E-state index contributed by atoms with van der Waals surface area (Å²) in [5.74, 6) is 0.482. The summed E-state index contributed by atoms with van der Waals surface area (Å²) in [6.07, 6.45) is 5.60. The van der Waals surface area contributed by atoms with Gasteiger partial charge in [-0.05, 0) is 72.1 Å². The van der Waals surface area contributed by atoms with Gasteiger partial charge in [0.05, 0.1) is 0 Å². The Bertz CT molecular complexity index is 1270. The third kappa shape index (κ3) is 4.38. The number of fused-ring (bicyclic) bond motifs is 2. The predicted octanol–water partition coefficient (Wildman–Crippen LogP) is 6.40. The Balaban J connectivity index is 1.34. The van der Waals surface area contributed by atoms with Gasteiger partial charge < -0.3 is 15.2 Å².